The molecule has 1 saturated heterocycles. The van der Waals surface area contributed by atoms with Crippen LogP contribution in [0.25, 0.3) is 0 Å². The van der Waals surface area contributed by atoms with Crippen LogP contribution in [0.5, 0.6) is 5.75 Å². The summed E-state index contributed by atoms with van der Waals surface area (Å²) in [7, 11) is 0. The minimum absolute atomic E-state index is 0.0200. The second-order valence-electron chi connectivity index (χ2n) is 6.30. The summed E-state index contributed by atoms with van der Waals surface area (Å²) in [4.78, 5) is 3.97. The van der Waals surface area contributed by atoms with Crippen LogP contribution in [0.4, 0.5) is 5.69 Å². The number of nitrogens with one attached hydrogen (secondary N) is 2. The first-order valence-corrected chi connectivity index (χ1v) is 10.5. The number of anilines is 1. The third-order valence-electron chi connectivity index (χ3n) is 4.33. The molecule has 0 aliphatic carbocycles. The summed E-state index contributed by atoms with van der Waals surface area (Å²) >= 11 is 14.4. The van der Waals surface area contributed by atoms with Gasteiger partial charge in [-0.3, -0.25) is 10.4 Å². The summed E-state index contributed by atoms with van der Waals surface area (Å²) in [6.07, 6.45) is 5.91. The predicted octanol–water partition coefficient (Wildman–Crippen LogP) is 6.23. The molecule has 5 nitrogen and oxygen atoms in total. The monoisotopic (exact) mass is 519 g/mol. The zero-order valence-corrected chi connectivity index (χ0v) is 18.4. The Kier molecular flexibility index (Phi) is 7.19. The number of hydrogen-bond donors (Lipinski definition) is 2. The fourth-order valence-electron chi connectivity index (χ4n) is 3.00. The first kappa shape index (κ1) is 20.6. The highest BCUT2D eigenvalue weighted by atomic mass is 127. The summed E-state index contributed by atoms with van der Waals surface area (Å²) < 4.78 is 12.2. The smallest absolute Gasteiger partial charge is 0.127 e. The van der Waals surface area contributed by atoms with Crippen molar-refractivity contribution >= 4 is 55.2 Å². The number of nitrogens with zero attached hydrogens (tertiary/aromatic N) is 1. The lowest BCUT2D eigenvalue weighted by Gasteiger charge is -2.26. The second kappa shape index (κ2) is 9.41. The van der Waals surface area contributed by atoms with Crippen LogP contribution in [0.3, 0.4) is 0 Å². The zero-order chi connectivity index (χ0) is 19.4. The van der Waals surface area contributed by atoms with E-state index in [0.717, 1.165) is 37.1 Å². The molecule has 144 valence electrons. The van der Waals surface area contributed by atoms with E-state index in [2.05, 4.69) is 10.3 Å². The molecule has 1 aromatic heterocycles. The van der Waals surface area contributed by atoms with E-state index in [9.17, 15) is 0 Å². The maximum Gasteiger partial charge on any atom is 0.127 e. The maximum absolute atomic E-state index is 8.10. The van der Waals surface area contributed by atoms with E-state index in [0.29, 0.717) is 25.1 Å². The lowest BCUT2D eigenvalue weighted by atomic mass is 10.1. The van der Waals surface area contributed by atoms with E-state index >= 15 is 0 Å². The van der Waals surface area contributed by atoms with Gasteiger partial charge in [0.1, 0.15) is 21.8 Å². The van der Waals surface area contributed by atoms with Crippen LogP contribution in [0.2, 0.25) is 10.0 Å². The summed E-state index contributed by atoms with van der Waals surface area (Å²) in [6.45, 7) is 2.64. The first-order chi connectivity index (χ1) is 13.0. The van der Waals surface area contributed by atoms with Gasteiger partial charge in [0.15, 0.2) is 0 Å². The van der Waals surface area contributed by atoms with E-state index < -0.39 is 0 Å². The van der Waals surface area contributed by atoms with Gasteiger partial charge in [-0.1, -0.05) is 23.2 Å². The van der Waals surface area contributed by atoms with Crippen LogP contribution < -0.4 is 10.1 Å². The molecule has 2 heterocycles. The SMILES string of the molecule is C[C@@H](Oc1ccc(NC2CCCCO2)c(C(=N)I)c1)c1c(Cl)cncc1Cl. The Morgan fingerprint density at radius 3 is 2.70 bits per heavy atom. The molecule has 0 bridgehead atoms. The molecule has 2 aromatic rings. The molecule has 0 saturated carbocycles. The lowest BCUT2D eigenvalue weighted by molar-refractivity contribution is 0.0343. The van der Waals surface area contributed by atoms with Gasteiger partial charge in [0.2, 0.25) is 0 Å². The minimum Gasteiger partial charge on any atom is -0.486 e. The van der Waals surface area contributed by atoms with Gasteiger partial charge in [-0.15, -0.1) is 0 Å². The van der Waals surface area contributed by atoms with Gasteiger partial charge in [-0.2, -0.15) is 0 Å². The minimum atomic E-state index is -0.357. The molecule has 2 N–H and O–H groups in total. The molecule has 27 heavy (non-hydrogen) atoms. The summed E-state index contributed by atoms with van der Waals surface area (Å²) in [5.74, 6) is 0.637. The van der Waals surface area contributed by atoms with Gasteiger partial charge in [-0.05, 0) is 67.0 Å². The molecule has 0 spiro atoms. The van der Waals surface area contributed by atoms with Crippen molar-refractivity contribution in [2.45, 2.75) is 38.5 Å². The maximum atomic E-state index is 8.10. The highest BCUT2D eigenvalue weighted by molar-refractivity contribution is 14.1. The molecule has 3 rings (SSSR count). The van der Waals surface area contributed by atoms with E-state index in [1.165, 1.54) is 0 Å². The van der Waals surface area contributed by atoms with Crippen LogP contribution in [0.1, 0.15) is 43.4 Å². The number of benzene rings is 1. The standard InChI is InChI=1S/C19H20Cl2IN3O2/c1-11(18-14(20)9-24-10-15(18)21)27-12-5-6-16(13(8-12)19(22)23)25-17-4-2-3-7-26-17/h5-6,8-11,17,23,25H,2-4,7H2,1H3/t11-,17?/m1/s1. The van der Waals surface area contributed by atoms with Gasteiger partial charge in [0.25, 0.3) is 0 Å². The van der Waals surface area contributed by atoms with Gasteiger partial charge >= 0.3 is 0 Å². The van der Waals surface area contributed by atoms with E-state index in [1.54, 1.807) is 12.4 Å². The summed E-state index contributed by atoms with van der Waals surface area (Å²) in [5.41, 5.74) is 2.32. The van der Waals surface area contributed by atoms with Crippen LogP contribution >= 0.6 is 45.8 Å². The van der Waals surface area contributed by atoms with Crippen LogP contribution in [-0.4, -0.2) is 21.5 Å². The predicted molar refractivity (Wildman–Crippen MR) is 118 cm³/mol. The van der Waals surface area contributed by atoms with Crippen LogP contribution in [0.15, 0.2) is 30.6 Å². The number of rotatable bonds is 6. The Balaban J connectivity index is 1.80. The Labute approximate surface area is 182 Å². The molecule has 1 aliphatic rings. The summed E-state index contributed by atoms with van der Waals surface area (Å²) in [5, 5.41) is 12.4. The van der Waals surface area contributed by atoms with Crippen LogP contribution in [-0.2, 0) is 4.74 Å². The van der Waals surface area contributed by atoms with E-state index in [4.69, 9.17) is 38.1 Å². The van der Waals surface area contributed by atoms with E-state index in [-0.39, 0.29) is 12.3 Å². The van der Waals surface area contributed by atoms with Crippen LogP contribution in [0, 0.1) is 5.41 Å². The van der Waals surface area contributed by atoms with Crippen molar-refractivity contribution < 1.29 is 9.47 Å². The highest BCUT2D eigenvalue weighted by Gasteiger charge is 2.19. The quantitative estimate of drug-likeness (QED) is 0.351. The molecule has 8 heteroatoms. The van der Waals surface area contributed by atoms with Gasteiger partial charge in [0, 0.05) is 35.8 Å². The molecule has 1 aromatic carbocycles. The van der Waals surface area contributed by atoms with Crippen molar-refractivity contribution in [1.29, 1.82) is 5.41 Å². The average Bonchev–Trinajstić information content (AvgIpc) is 2.63. The number of aromatic nitrogens is 1. The number of pyridine rings is 1. The average molecular weight is 520 g/mol. The molecule has 1 fully saturated rings. The molecule has 0 radical (unpaired) electrons. The van der Waals surface area contributed by atoms with Crippen molar-refractivity contribution in [2.75, 3.05) is 11.9 Å². The van der Waals surface area contributed by atoms with Gasteiger partial charge in [-0.25, -0.2) is 0 Å². The molecular formula is C19H20Cl2IN3O2. The number of hydrogen-bond acceptors (Lipinski definition) is 5. The topological polar surface area (TPSA) is 67.2 Å². The second-order valence-corrected chi connectivity index (χ2v) is 8.19. The van der Waals surface area contributed by atoms with Crippen molar-refractivity contribution in [3.05, 3.63) is 51.8 Å². The van der Waals surface area contributed by atoms with Crippen molar-refractivity contribution in [1.82, 2.24) is 4.98 Å². The normalized spacial score (nSPS) is 18.0. The molecule has 2 atom stereocenters. The zero-order valence-electron chi connectivity index (χ0n) is 14.8. The highest BCUT2D eigenvalue weighted by Crippen LogP contribution is 2.34. The fraction of sp³-hybridized carbons (Fsp3) is 0.368. The molecule has 1 aliphatic heterocycles. The Hall–Kier alpha value is -1.09. The molecular weight excluding hydrogens is 500 g/mol. The largest absolute Gasteiger partial charge is 0.486 e. The third-order valence-corrected chi connectivity index (χ3v) is 5.52. The Morgan fingerprint density at radius 2 is 2.07 bits per heavy atom. The molecule has 0 amide bonds. The Morgan fingerprint density at radius 1 is 1.33 bits per heavy atom. The third kappa shape index (κ3) is 5.25. The number of ether oxygens (including phenoxy) is 2. The lowest BCUT2D eigenvalue weighted by Crippen LogP contribution is -2.27. The van der Waals surface area contributed by atoms with Crippen molar-refractivity contribution in [3.63, 3.8) is 0 Å². The fourth-order valence-corrected chi connectivity index (χ4v) is 4.12. The Bertz CT molecular complexity index is 808. The first-order valence-electron chi connectivity index (χ1n) is 8.68. The van der Waals surface area contributed by atoms with Crippen molar-refractivity contribution in [2.24, 2.45) is 0 Å². The summed E-state index contributed by atoms with van der Waals surface area (Å²) in [6, 6.07) is 5.63. The van der Waals surface area contributed by atoms with E-state index in [1.807, 2.05) is 47.7 Å². The van der Waals surface area contributed by atoms with Crippen molar-refractivity contribution in [3.8, 4) is 5.75 Å². The van der Waals surface area contributed by atoms with Gasteiger partial charge < -0.3 is 14.8 Å². The van der Waals surface area contributed by atoms with Gasteiger partial charge in [0.05, 0.1) is 10.0 Å². The number of halogens is 3. The molecule has 1 unspecified atom stereocenters.